The predicted molar refractivity (Wildman–Crippen MR) is 85.8 cm³/mol. The van der Waals surface area contributed by atoms with Crippen LogP contribution >= 0.6 is 34.8 Å². The molecule has 0 amide bonds. The van der Waals surface area contributed by atoms with Gasteiger partial charge in [-0.05, 0) is 41.4 Å². The average molecular weight is 343 g/mol. The van der Waals surface area contributed by atoms with E-state index in [9.17, 15) is 0 Å². The molecule has 0 spiro atoms. The van der Waals surface area contributed by atoms with Crippen LogP contribution in [-0.4, -0.2) is 9.78 Å². The van der Waals surface area contributed by atoms with E-state index in [1.165, 1.54) is 0 Å². The fourth-order valence-corrected chi connectivity index (χ4v) is 2.53. The molecule has 0 radical (unpaired) electrons. The lowest BCUT2D eigenvalue weighted by molar-refractivity contribution is 0.580. The van der Waals surface area contributed by atoms with Crippen molar-refractivity contribution < 1.29 is 4.42 Å². The second kappa shape index (κ2) is 5.30. The van der Waals surface area contributed by atoms with E-state index in [1.807, 2.05) is 6.07 Å². The van der Waals surface area contributed by atoms with Crippen LogP contribution in [0.2, 0.25) is 15.3 Å². The molecule has 0 saturated heterocycles. The number of aryl methyl sites for hydroxylation is 1. The number of furan rings is 1. The van der Waals surface area contributed by atoms with Gasteiger partial charge in [0.05, 0.1) is 15.6 Å². The van der Waals surface area contributed by atoms with Crippen LogP contribution in [0.5, 0.6) is 0 Å². The van der Waals surface area contributed by atoms with Crippen LogP contribution in [0.25, 0.3) is 22.6 Å². The summed E-state index contributed by atoms with van der Waals surface area (Å²) in [7, 11) is 1.75. The van der Waals surface area contributed by atoms with Crippen molar-refractivity contribution in [1.29, 1.82) is 0 Å². The van der Waals surface area contributed by atoms with Crippen molar-refractivity contribution in [3.63, 3.8) is 0 Å². The third-order valence-corrected chi connectivity index (χ3v) is 4.05. The molecule has 0 aliphatic carbocycles. The van der Waals surface area contributed by atoms with Crippen LogP contribution in [0.1, 0.15) is 0 Å². The van der Waals surface area contributed by atoms with E-state index in [4.69, 9.17) is 45.0 Å². The van der Waals surface area contributed by atoms with Crippen molar-refractivity contribution in [3.8, 4) is 22.6 Å². The van der Waals surface area contributed by atoms with Crippen LogP contribution in [0.15, 0.2) is 34.7 Å². The fraction of sp³-hybridized carbons (Fsp3) is 0.0714. The largest absolute Gasteiger partial charge is 0.443 e. The van der Waals surface area contributed by atoms with E-state index < -0.39 is 0 Å². The molecule has 4 nitrogen and oxygen atoms in total. The Labute approximate surface area is 136 Å². The number of nitrogens with two attached hydrogens (primary N) is 1. The number of benzene rings is 1. The lowest BCUT2D eigenvalue weighted by Crippen LogP contribution is -1.98. The normalized spacial score (nSPS) is 11.0. The monoisotopic (exact) mass is 341 g/mol. The molecule has 3 rings (SSSR count). The minimum atomic E-state index is 0.286. The van der Waals surface area contributed by atoms with Crippen molar-refractivity contribution in [2.75, 3.05) is 5.73 Å². The average Bonchev–Trinajstić information content (AvgIpc) is 2.99. The van der Waals surface area contributed by atoms with Gasteiger partial charge in [0, 0.05) is 7.05 Å². The zero-order chi connectivity index (χ0) is 15.1. The Morgan fingerprint density at radius 1 is 1.10 bits per heavy atom. The van der Waals surface area contributed by atoms with Gasteiger partial charge in [0.15, 0.2) is 11.0 Å². The van der Waals surface area contributed by atoms with Gasteiger partial charge in [0.1, 0.15) is 11.5 Å². The SMILES string of the molecule is Cn1nc(-c2ccc(Cl)o2)c(-c2ccc(Cl)c(Cl)c2)c1N. The zero-order valence-corrected chi connectivity index (χ0v) is 13.2. The number of anilines is 1. The van der Waals surface area contributed by atoms with Crippen LogP contribution < -0.4 is 5.73 Å². The first-order chi connectivity index (χ1) is 9.97. The highest BCUT2D eigenvalue weighted by atomic mass is 35.5. The molecule has 21 heavy (non-hydrogen) atoms. The van der Waals surface area contributed by atoms with E-state index in [1.54, 1.807) is 36.0 Å². The zero-order valence-electron chi connectivity index (χ0n) is 10.9. The third-order valence-electron chi connectivity index (χ3n) is 3.11. The summed E-state index contributed by atoms with van der Waals surface area (Å²) in [6, 6.07) is 8.68. The van der Waals surface area contributed by atoms with Crippen LogP contribution in [0.3, 0.4) is 0 Å². The van der Waals surface area contributed by atoms with Crippen LogP contribution in [0.4, 0.5) is 5.82 Å². The Kier molecular flexibility index (Phi) is 3.61. The van der Waals surface area contributed by atoms with Gasteiger partial charge >= 0.3 is 0 Å². The number of halogens is 3. The summed E-state index contributed by atoms with van der Waals surface area (Å²) >= 11 is 17.9. The van der Waals surface area contributed by atoms with E-state index in [0.717, 1.165) is 11.1 Å². The molecule has 0 atom stereocenters. The Balaban J connectivity index is 2.24. The summed E-state index contributed by atoms with van der Waals surface area (Å²) in [5, 5.41) is 5.59. The van der Waals surface area contributed by atoms with Crippen molar-refractivity contribution in [1.82, 2.24) is 9.78 Å². The third kappa shape index (κ3) is 2.50. The number of aromatic nitrogens is 2. The van der Waals surface area contributed by atoms with Crippen molar-refractivity contribution in [2.24, 2.45) is 7.05 Å². The van der Waals surface area contributed by atoms with Crippen LogP contribution in [-0.2, 0) is 7.05 Å². The molecule has 2 heterocycles. The van der Waals surface area contributed by atoms with Gasteiger partial charge in [0.25, 0.3) is 0 Å². The Hall–Kier alpha value is -1.62. The fourth-order valence-electron chi connectivity index (χ4n) is 2.09. The lowest BCUT2D eigenvalue weighted by atomic mass is 10.0. The Bertz CT molecular complexity index is 823. The highest BCUT2D eigenvalue weighted by Crippen LogP contribution is 2.39. The molecule has 0 fully saturated rings. The van der Waals surface area contributed by atoms with Gasteiger partial charge in [-0.25, -0.2) is 0 Å². The second-order valence-electron chi connectivity index (χ2n) is 4.47. The first-order valence-corrected chi connectivity index (χ1v) is 7.14. The molecule has 0 aliphatic rings. The standard InChI is InChI=1S/C14H10Cl3N3O/c1-20-14(18)12(7-2-3-8(15)9(16)6-7)13(19-20)10-4-5-11(17)21-10/h2-6H,18H2,1H3. The van der Waals surface area contributed by atoms with Gasteiger partial charge in [0.2, 0.25) is 0 Å². The second-order valence-corrected chi connectivity index (χ2v) is 5.65. The summed E-state index contributed by atoms with van der Waals surface area (Å²) in [4.78, 5) is 0. The van der Waals surface area contributed by atoms with E-state index in [0.29, 0.717) is 27.3 Å². The van der Waals surface area contributed by atoms with Gasteiger partial charge < -0.3 is 10.2 Å². The first kappa shape index (κ1) is 14.3. The van der Waals surface area contributed by atoms with Crippen molar-refractivity contribution >= 4 is 40.6 Å². The highest BCUT2D eigenvalue weighted by Gasteiger charge is 2.20. The van der Waals surface area contributed by atoms with E-state index in [2.05, 4.69) is 5.10 Å². The maximum atomic E-state index is 6.12. The van der Waals surface area contributed by atoms with Crippen LogP contribution in [0, 0.1) is 0 Å². The molecular weight excluding hydrogens is 333 g/mol. The topological polar surface area (TPSA) is 57.0 Å². The number of hydrogen-bond donors (Lipinski definition) is 1. The number of rotatable bonds is 2. The van der Waals surface area contributed by atoms with Gasteiger partial charge in [-0.1, -0.05) is 29.3 Å². The van der Waals surface area contributed by atoms with Gasteiger partial charge in [-0.2, -0.15) is 5.10 Å². The summed E-state index contributed by atoms with van der Waals surface area (Å²) in [5.41, 5.74) is 8.24. The molecule has 0 unspecified atom stereocenters. The molecule has 0 aliphatic heterocycles. The maximum Gasteiger partial charge on any atom is 0.194 e. The molecule has 0 bridgehead atoms. The molecular formula is C14H10Cl3N3O. The molecule has 2 N–H and O–H groups in total. The number of nitrogens with zero attached hydrogens (tertiary/aromatic N) is 2. The van der Waals surface area contributed by atoms with Crippen molar-refractivity contribution in [3.05, 3.63) is 45.6 Å². The quantitative estimate of drug-likeness (QED) is 0.721. The maximum absolute atomic E-state index is 6.12. The molecule has 108 valence electrons. The van der Waals surface area contributed by atoms with Crippen molar-refractivity contribution in [2.45, 2.75) is 0 Å². The summed E-state index contributed by atoms with van der Waals surface area (Å²) in [6.07, 6.45) is 0. The molecule has 2 aromatic heterocycles. The molecule has 1 aromatic carbocycles. The van der Waals surface area contributed by atoms with E-state index >= 15 is 0 Å². The lowest BCUT2D eigenvalue weighted by Gasteiger charge is -2.04. The summed E-state index contributed by atoms with van der Waals surface area (Å²) < 4.78 is 7.00. The highest BCUT2D eigenvalue weighted by molar-refractivity contribution is 6.42. The van der Waals surface area contributed by atoms with Gasteiger partial charge in [-0.3, -0.25) is 4.68 Å². The smallest absolute Gasteiger partial charge is 0.194 e. The molecule has 7 heteroatoms. The molecule has 0 saturated carbocycles. The van der Waals surface area contributed by atoms with Gasteiger partial charge in [-0.15, -0.1) is 0 Å². The number of nitrogen functional groups attached to an aromatic ring is 1. The van der Waals surface area contributed by atoms with E-state index in [-0.39, 0.29) is 5.22 Å². The minimum Gasteiger partial charge on any atom is -0.443 e. The minimum absolute atomic E-state index is 0.286. The predicted octanol–water partition coefficient (Wildman–Crippen LogP) is 4.89. The first-order valence-electron chi connectivity index (χ1n) is 6.01. The Morgan fingerprint density at radius 2 is 1.86 bits per heavy atom. The summed E-state index contributed by atoms with van der Waals surface area (Å²) in [6.45, 7) is 0. The number of hydrogen-bond acceptors (Lipinski definition) is 3. The summed E-state index contributed by atoms with van der Waals surface area (Å²) in [5.74, 6) is 1.03. The molecule has 3 aromatic rings. The Morgan fingerprint density at radius 3 is 2.48 bits per heavy atom.